The summed E-state index contributed by atoms with van der Waals surface area (Å²) in [5, 5.41) is 3.85. The summed E-state index contributed by atoms with van der Waals surface area (Å²) in [6, 6.07) is 11.6. The van der Waals surface area contributed by atoms with Crippen molar-refractivity contribution in [3.63, 3.8) is 0 Å². The third-order valence-electron chi connectivity index (χ3n) is 7.37. The zero-order valence-corrected chi connectivity index (χ0v) is 23.7. The number of rotatable bonds is 5. The molecule has 3 aromatic rings. The van der Waals surface area contributed by atoms with Crippen LogP contribution in [0.1, 0.15) is 73.0 Å². The maximum atomic E-state index is 13.5. The van der Waals surface area contributed by atoms with Crippen molar-refractivity contribution in [1.82, 2.24) is 0 Å². The number of carbonyl (C=O) groups excluding carboxylic acids is 1. The first-order chi connectivity index (χ1) is 17.3. The predicted molar refractivity (Wildman–Crippen MR) is 153 cm³/mol. The van der Waals surface area contributed by atoms with Crippen molar-refractivity contribution >= 4 is 56.0 Å². The maximum Gasteiger partial charge on any atom is 0.259 e. The van der Waals surface area contributed by atoms with Crippen LogP contribution >= 0.6 is 27.3 Å². The molecular weight excluding hydrogens is 534 g/mol. The fraction of sp³-hybridized carbons (Fsp3) is 0.448. The highest BCUT2D eigenvalue weighted by Gasteiger charge is 2.33. The number of amides is 1. The lowest BCUT2D eigenvalue weighted by Gasteiger charge is -2.33. The number of hydrogen-bond donors (Lipinski definition) is 1. The summed E-state index contributed by atoms with van der Waals surface area (Å²) in [6.07, 6.45) is 8.40. The van der Waals surface area contributed by atoms with Crippen molar-refractivity contribution in [3.05, 3.63) is 62.6 Å². The summed E-state index contributed by atoms with van der Waals surface area (Å²) >= 11 is 5.32. The van der Waals surface area contributed by atoms with Crippen LogP contribution in [0.5, 0.6) is 0 Å². The second-order valence-electron chi connectivity index (χ2n) is 10.9. The fourth-order valence-electron chi connectivity index (χ4n) is 5.23. The van der Waals surface area contributed by atoms with Gasteiger partial charge in [-0.15, -0.1) is 11.3 Å². The van der Waals surface area contributed by atoms with E-state index in [2.05, 4.69) is 46.9 Å². The number of fused-ring (bicyclic) bond motifs is 1. The third kappa shape index (κ3) is 5.47. The number of benzene rings is 1. The lowest BCUT2D eigenvalue weighted by molar-refractivity contribution is 0.102. The van der Waals surface area contributed by atoms with Crippen molar-refractivity contribution in [2.24, 2.45) is 16.3 Å². The van der Waals surface area contributed by atoms with Crippen LogP contribution in [0.4, 0.5) is 16.6 Å². The number of hydrogen-bond acceptors (Lipinski definition) is 5. The van der Waals surface area contributed by atoms with Gasteiger partial charge in [0.15, 0.2) is 0 Å². The van der Waals surface area contributed by atoms with E-state index in [1.165, 1.54) is 24.1 Å². The molecule has 1 aliphatic heterocycles. The minimum absolute atomic E-state index is 0.0883. The minimum atomic E-state index is -0.0883. The number of piperidine rings is 1. The van der Waals surface area contributed by atoms with Crippen LogP contribution in [-0.4, -0.2) is 25.2 Å². The first kappa shape index (κ1) is 25.3. The summed E-state index contributed by atoms with van der Waals surface area (Å²) in [5.41, 5.74) is 2.91. The molecular formula is C29H34BrN3O2S. The Balaban J connectivity index is 1.46. The highest BCUT2D eigenvalue weighted by molar-refractivity contribution is 9.10. The molecule has 1 fully saturated rings. The number of carbonyl (C=O) groups is 1. The quantitative estimate of drug-likeness (QED) is 0.316. The van der Waals surface area contributed by atoms with E-state index in [9.17, 15) is 4.79 Å². The molecule has 1 aromatic carbocycles. The standard InChI is InChI=1S/C29H34BrN3O2S/c1-29(2,3)19-12-13-22-24(16-19)36-27(25(22)26(34)32-20-10-6-4-7-11-20)31-18-21-17-23(30)28(35-21)33-14-8-5-9-15-33/h4,6-7,10-11,17-19H,5,8-9,12-16H2,1-3H3,(H,32,34)/t19-/m1/s1. The topological polar surface area (TPSA) is 57.8 Å². The molecule has 3 heterocycles. The number of thiophene rings is 1. The minimum Gasteiger partial charge on any atom is -0.438 e. The second-order valence-corrected chi connectivity index (χ2v) is 12.9. The molecule has 2 aliphatic rings. The van der Waals surface area contributed by atoms with Crippen LogP contribution in [0.25, 0.3) is 0 Å². The lowest BCUT2D eigenvalue weighted by atomic mass is 9.72. The smallest absolute Gasteiger partial charge is 0.259 e. The number of para-hydroxylation sites is 1. The normalized spacial score (nSPS) is 18.4. The van der Waals surface area contributed by atoms with E-state index in [1.807, 2.05) is 36.4 Å². The number of anilines is 2. The van der Waals surface area contributed by atoms with E-state index in [0.29, 0.717) is 17.2 Å². The van der Waals surface area contributed by atoms with Gasteiger partial charge in [0.25, 0.3) is 5.91 Å². The molecule has 7 heteroatoms. The van der Waals surface area contributed by atoms with Gasteiger partial charge in [-0.2, -0.15) is 0 Å². The van der Waals surface area contributed by atoms with Crippen molar-refractivity contribution < 1.29 is 9.21 Å². The van der Waals surface area contributed by atoms with Gasteiger partial charge in [-0.3, -0.25) is 4.79 Å². The summed E-state index contributed by atoms with van der Waals surface area (Å²) in [4.78, 5) is 21.9. The van der Waals surface area contributed by atoms with E-state index in [-0.39, 0.29) is 11.3 Å². The molecule has 0 spiro atoms. The van der Waals surface area contributed by atoms with E-state index < -0.39 is 0 Å². The molecule has 0 radical (unpaired) electrons. The molecule has 1 amide bonds. The Morgan fingerprint density at radius 3 is 2.67 bits per heavy atom. The molecule has 0 saturated carbocycles. The molecule has 0 bridgehead atoms. The van der Waals surface area contributed by atoms with Crippen LogP contribution in [0.15, 0.2) is 50.3 Å². The summed E-state index contributed by atoms with van der Waals surface area (Å²) in [5.74, 6) is 2.07. The average molecular weight is 569 g/mol. The van der Waals surface area contributed by atoms with E-state index in [1.54, 1.807) is 17.6 Å². The third-order valence-corrected chi connectivity index (χ3v) is 9.10. The number of aliphatic imine (C=N–C) groups is 1. The lowest BCUT2D eigenvalue weighted by Crippen LogP contribution is -2.29. The molecule has 2 aromatic heterocycles. The fourth-order valence-corrected chi connectivity index (χ4v) is 7.05. The molecule has 1 saturated heterocycles. The Morgan fingerprint density at radius 1 is 1.19 bits per heavy atom. The van der Waals surface area contributed by atoms with Gasteiger partial charge >= 0.3 is 0 Å². The Kier molecular flexibility index (Phi) is 7.40. The average Bonchev–Trinajstić information content (AvgIpc) is 3.42. The Bertz CT molecular complexity index is 1250. The Labute approximate surface area is 226 Å². The number of furan rings is 1. The molecule has 0 unspecified atom stereocenters. The van der Waals surface area contributed by atoms with Gasteiger partial charge in [-0.25, -0.2) is 4.99 Å². The van der Waals surface area contributed by atoms with Crippen LogP contribution in [0.2, 0.25) is 0 Å². The van der Waals surface area contributed by atoms with Crippen LogP contribution in [0.3, 0.4) is 0 Å². The van der Waals surface area contributed by atoms with Crippen molar-refractivity contribution in [2.45, 2.75) is 59.3 Å². The SMILES string of the molecule is CC(C)(C)[C@@H]1CCc2c(sc(N=Cc3cc(Br)c(N4CCCCC4)o3)c2C(=O)Nc2ccccc2)C1. The van der Waals surface area contributed by atoms with E-state index in [4.69, 9.17) is 9.41 Å². The summed E-state index contributed by atoms with van der Waals surface area (Å²) in [6.45, 7) is 8.96. The Morgan fingerprint density at radius 2 is 1.94 bits per heavy atom. The molecule has 190 valence electrons. The highest BCUT2D eigenvalue weighted by Crippen LogP contribution is 2.45. The van der Waals surface area contributed by atoms with Crippen LogP contribution in [-0.2, 0) is 12.8 Å². The molecule has 5 rings (SSSR count). The van der Waals surface area contributed by atoms with Crippen molar-refractivity contribution in [3.8, 4) is 0 Å². The zero-order chi connectivity index (χ0) is 25.3. The van der Waals surface area contributed by atoms with Gasteiger partial charge in [0.2, 0.25) is 5.88 Å². The van der Waals surface area contributed by atoms with Gasteiger partial charge in [0.05, 0.1) is 16.3 Å². The van der Waals surface area contributed by atoms with Gasteiger partial charge in [0, 0.05) is 29.7 Å². The first-order valence-electron chi connectivity index (χ1n) is 12.9. The second kappa shape index (κ2) is 10.5. The van der Waals surface area contributed by atoms with Gasteiger partial charge in [-0.05, 0) is 83.5 Å². The van der Waals surface area contributed by atoms with Gasteiger partial charge in [0.1, 0.15) is 10.8 Å². The number of nitrogens with zero attached hydrogens (tertiary/aromatic N) is 2. The number of halogens is 1. The van der Waals surface area contributed by atoms with Crippen molar-refractivity contribution in [1.29, 1.82) is 0 Å². The van der Waals surface area contributed by atoms with Crippen molar-refractivity contribution in [2.75, 3.05) is 23.3 Å². The van der Waals surface area contributed by atoms with E-state index in [0.717, 1.165) is 59.0 Å². The molecule has 5 nitrogen and oxygen atoms in total. The zero-order valence-electron chi connectivity index (χ0n) is 21.3. The Hall–Kier alpha value is -2.38. The van der Waals surface area contributed by atoms with Crippen LogP contribution < -0.4 is 10.2 Å². The first-order valence-corrected chi connectivity index (χ1v) is 14.5. The highest BCUT2D eigenvalue weighted by atomic mass is 79.9. The molecule has 1 N–H and O–H groups in total. The summed E-state index contributed by atoms with van der Waals surface area (Å²) < 4.78 is 7.12. The summed E-state index contributed by atoms with van der Waals surface area (Å²) in [7, 11) is 0. The molecule has 1 atom stereocenters. The van der Waals surface area contributed by atoms with E-state index >= 15 is 0 Å². The monoisotopic (exact) mass is 567 g/mol. The molecule has 1 aliphatic carbocycles. The predicted octanol–water partition coefficient (Wildman–Crippen LogP) is 8.25. The maximum absolute atomic E-state index is 13.5. The number of nitrogens with one attached hydrogen (secondary N) is 1. The van der Waals surface area contributed by atoms with Crippen LogP contribution in [0, 0.1) is 11.3 Å². The largest absolute Gasteiger partial charge is 0.438 e. The van der Waals surface area contributed by atoms with Gasteiger partial charge in [-0.1, -0.05) is 39.0 Å². The van der Waals surface area contributed by atoms with Gasteiger partial charge < -0.3 is 14.6 Å². The molecule has 36 heavy (non-hydrogen) atoms.